The average Bonchev–Trinajstić information content (AvgIpc) is 3.14. The topological polar surface area (TPSA) is 75.7 Å². The molecule has 0 radical (unpaired) electrons. The Balaban J connectivity index is 1.20. The van der Waals surface area contributed by atoms with E-state index in [1.165, 1.54) is 38.5 Å². The van der Waals surface area contributed by atoms with Crippen LogP contribution >= 0.6 is 11.6 Å². The van der Waals surface area contributed by atoms with E-state index >= 15 is 0 Å². The minimum absolute atomic E-state index is 0.0266. The van der Waals surface area contributed by atoms with Crippen molar-refractivity contribution in [1.29, 1.82) is 0 Å². The Hall–Kier alpha value is -2.34. The summed E-state index contributed by atoms with van der Waals surface area (Å²) >= 11 is 6.05. The molecule has 0 aromatic heterocycles. The van der Waals surface area contributed by atoms with Gasteiger partial charge < -0.3 is 15.0 Å². The molecule has 5 fully saturated rings. The fraction of sp³-hybridized carbons (Fsp3) is 0.656. The standard InChI is InChI=1S/C32H41ClN2O4/c1-2-39-30(38)32-11-4-3-5-27(32)35(12-10-21-6-8-25(33)9-7-21)29(37)26(32)16-28(36)34-20-31-17-22-13-23(18-31)15-24(14-22)19-31/h5-9,22-24,26H,2-4,10-20H2,1H3,(H,34,36)/t22?,23?,24?,26-,31?,32-/m1/s1. The van der Waals surface area contributed by atoms with Gasteiger partial charge in [-0.25, -0.2) is 0 Å². The zero-order chi connectivity index (χ0) is 27.2. The second-order valence-electron chi connectivity index (χ2n) is 13.0. The summed E-state index contributed by atoms with van der Waals surface area (Å²) in [5.41, 5.74) is 0.958. The summed E-state index contributed by atoms with van der Waals surface area (Å²) in [7, 11) is 0. The van der Waals surface area contributed by atoms with Gasteiger partial charge in [0.05, 0.1) is 12.5 Å². The summed E-state index contributed by atoms with van der Waals surface area (Å²) < 4.78 is 5.59. The molecule has 1 saturated heterocycles. The highest BCUT2D eigenvalue weighted by Gasteiger charge is 2.62. The lowest BCUT2D eigenvalue weighted by atomic mass is 9.49. The van der Waals surface area contributed by atoms with Crippen LogP contribution in [0.4, 0.5) is 0 Å². The van der Waals surface area contributed by atoms with Crippen molar-refractivity contribution in [2.45, 2.75) is 77.6 Å². The van der Waals surface area contributed by atoms with Gasteiger partial charge in [-0.1, -0.05) is 29.8 Å². The minimum Gasteiger partial charge on any atom is -0.465 e. The van der Waals surface area contributed by atoms with E-state index in [4.69, 9.17) is 16.3 Å². The van der Waals surface area contributed by atoms with Crippen molar-refractivity contribution in [1.82, 2.24) is 10.2 Å². The Morgan fingerprint density at radius 1 is 1.08 bits per heavy atom. The van der Waals surface area contributed by atoms with Crippen LogP contribution in [0.5, 0.6) is 0 Å². The van der Waals surface area contributed by atoms with Gasteiger partial charge in [-0.15, -0.1) is 0 Å². The Morgan fingerprint density at radius 3 is 2.38 bits per heavy atom. The Kier molecular flexibility index (Phi) is 7.28. The van der Waals surface area contributed by atoms with E-state index in [9.17, 15) is 14.4 Å². The third kappa shape index (κ3) is 4.92. The van der Waals surface area contributed by atoms with Crippen LogP contribution in [0.15, 0.2) is 36.0 Å². The van der Waals surface area contributed by atoms with Crippen molar-refractivity contribution in [3.63, 3.8) is 0 Å². The Morgan fingerprint density at radius 2 is 1.74 bits per heavy atom. The molecule has 6 aliphatic rings. The number of carbonyl (C=O) groups excluding carboxylic acids is 3. The SMILES string of the molecule is CCOC(=O)[C@@]12CCCC=C1N(CCc1ccc(Cl)cc1)C(=O)[C@H]2CC(=O)NCC12CC3CC(CC(C3)C1)C2. The molecule has 1 aliphatic heterocycles. The number of rotatable bonds is 9. The number of hydrogen-bond donors (Lipinski definition) is 1. The molecule has 4 bridgehead atoms. The van der Waals surface area contributed by atoms with Crippen molar-refractivity contribution < 1.29 is 19.1 Å². The summed E-state index contributed by atoms with van der Waals surface area (Å²) in [5, 5.41) is 3.93. The van der Waals surface area contributed by atoms with Gasteiger partial charge in [0.15, 0.2) is 0 Å². The first-order valence-corrected chi connectivity index (χ1v) is 15.4. The van der Waals surface area contributed by atoms with Crippen LogP contribution in [0, 0.1) is 34.5 Å². The molecule has 39 heavy (non-hydrogen) atoms. The number of likely N-dealkylation sites (tertiary alicyclic amines) is 1. The first kappa shape index (κ1) is 26.9. The first-order chi connectivity index (χ1) is 18.8. The molecule has 2 atom stereocenters. The molecule has 2 amide bonds. The normalized spacial score (nSPS) is 34.6. The molecule has 7 heteroatoms. The van der Waals surface area contributed by atoms with Gasteiger partial charge in [0.2, 0.25) is 11.8 Å². The Labute approximate surface area is 236 Å². The molecule has 0 unspecified atom stereocenters. The molecule has 1 aromatic rings. The molecule has 6 nitrogen and oxygen atoms in total. The van der Waals surface area contributed by atoms with Gasteiger partial charge in [0, 0.05) is 30.2 Å². The zero-order valence-electron chi connectivity index (χ0n) is 23.1. The van der Waals surface area contributed by atoms with Gasteiger partial charge in [0.1, 0.15) is 5.41 Å². The van der Waals surface area contributed by atoms with Gasteiger partial charge in [-0.05, 0) is 112 Å². The fourth-order valence-electron chi connectivity index (χ4n) is 9.19. The van der Waals surface area contributed by atoms with E-state index in [2.05, 4.69) is 5.32 Å². The van der Waals surface area contributed by atoms with Crippen molar-refractivity contribution in [2.75, 3.05) is 19.7 Å². The monoisotopic (exact) mass is 552 g/mol. The smallest absolute Gasteiger partial charge is 0.318 e. The summed E-state index contributed by atoms with van der Waals surface area (Å²) in [4.78, 5) is 42.8. The largest absolute Gasteiger partial charge is 0.465 e. The van der Waals surface area contributed by atoms with E-state index in [1.807, 2.05) is 30.3 Å². The minimum atomic E-state index is -1.08. The number of allylic oxidation sites excluding steroid dienone is 1. The van der Waals surface area contributed by atoms with E-state index in [1.54, 1.807) is 11.8 Å². The average molecular weight is 553 g/mol. The number of fused-ring (bicyclic) bond motifs is 1. The number of halogens is 1. The molecule has 5 aliphatic carbocycles. The molecule has 0 spiro atoms. The van der Waals surface area contributed by atoms with Gasteiger partial charge in [-0.2, -0.15) is 0 Å². The molecule has 1 N–H and O–H groups in total. The molecular formula is C32H41ClN2O4. The fourth-order valence-corrected chi connectivity index (χ4v) is 9.32. The first-order valence-electron chi connectivity index (χ1n) is 15.0. The number of esters is 1. The predicted molar refractivity (Wildman–Crippen MR) is 150 cm³/mol. The number of nitrogens with zero attached hydrogens (tertiary/aromatic N) is 1. The number of hydrogen-bond acceptors (Lipinski definition) is 4. The summed E-state index contributed by atoms with van der Waals surface area (Å²) in [6.07, 6.45) is 12.6. The summed E-state index contributed by atoms with van der Waals surface area (Å²) in [6.45, 7) is 3.20. The maximum absolute atomic E-state index is 14.0. The van der Waals surface area contributed by atoms with Crippen LogP contribution in [0.1, 0.15) is 76.7 Å². The maximum Gasteiger partial charge on any atom is 0.318 e. The van der Waals surface area contributed by atoms with Crippen LogP contribution in [0.3, 0.4) is 0 Å². The second kappa shape index (κ2) is 10.6. The summed E-state index contributed by atoms with van der Waals surface area (Å²) in [6, 6.07) is 7.63. The maximum atomic E-state index is 14.0. The second-order valence-corrected chi connectivity index (χ2v) is 13.4. The highest BCUT2D eigenvalue weighted by atomic mass is 35.5. The van der Waals surface area contributed by atoms with Crippen LogP contribution in [0.25, 0.3) is 0 Å². The van der Waals surface area contributed by atoms with Gasteiger partial charge in [0.25, 0.3) is 0 Å². The highest BCUT2D eigenvalue weighted by Crippen LogP contribution is 2.60. The van der Waals surface area contributed by atoms with E-state index in [0.717, 1.165) is 41.9 Å². The lowest BCUT2D eigenvalue weighted by molar-refractivity contribution is -0.158. The summed E-state index contributed by atoms with van der Waals surface area (Å²) in [5.74, 6) is 1.12. The van der Waals surface area contributed by atoms with Crippen LogP contribution in [0.2, 0.25) is 5.02 Å². The number of carbonyl (C=O) groups is 3. The van der Waals surface area contributed by atoms with Gasteiger partial charge >= 0.3 is 5.97 Å². The molecule has 210 valence electrons. The Bertz CT molecular complexity index is 1130. The van der Waals surface area contributed by atoms with Crippen molar-refractivity contribution >= 4 is 29.4 Å². The number of amides is 2. The van der Waals surface area contributed by atoms with E-state index in [0.29, 0.717) is 31.0 Å². The third-order valence-corrected chi connectivity index (χ3v) is 10.7. The van der Waals surface area contributed by atoms with Crippen molar-refractivity contribution in [2.24, 2.45) is 34.5 Å². The predicted octanol–water partition coefficient (Wildman–Crippen LogP) is 5.68. The van der Waals surface area contributed by atoms with Crippen LogP contribution in [-0.4, -0.2) is 42.4 Å². The highest BCUT2D eigenvalue weighted by molar-refractivity contribution is 6.30. The lowest BCUT2D eigenvalue weighted by Gasteiger charge is -2.56. The van der Waals surface area contributed by atoms with Crippen molar-refractivity contribution in [3.05, 3.63) is 46.6 Å². The third-order valence-electron chi connectivity index (χ3n) is 10.4. The van der Waals surface area contributed by atoms with E-state index < -0.39 is 11.3 Å². The van der Waals surface area contributed by atoms with Gasteiger partial charge in [-0.3, -0.25) is 14.4 Å². The lowest BCUT2D eigenvalue weighted by Crippen LogP contribution is -2.51. The quantitative estimate of drug-likeness (QED) is 0.400. The number of nitrogens with one attached hydrogen (secondary N) is 1. The molecule has 1 heterocycles. The molecule has 1 aromatic carbocycles. The van der Waals surface area contributed by atoms with Crippen molar-refractivity contribution in [3.8, 4) is 0 Å². The zero-order valence-corrected chi connectivity index (χ0v) is 23.8. The van der Waals surface area contributed by atoms with E-state index in [-0.39, 0.29) is 36.2 Å². The molecule has 4 saturated carbocycles. The van der Waals surface area contributed by atoms with Crippen LogP contribution < -0.4 is 5.32 Å². The molecule has 7 rings (SSSR count). The molecular weight excluding hydrogens is 512 g/mol. The number of benzene rings is 1. The van der Waals surface area contributed by atoms with Crippen LogP contribution in [-0.2, 0) is 25.5 Å². The number of ether oxygens (including phenoxy) is 1.